The lowest BCUT2D eigenvalue weighted by Crippen LogP contribution is -2.12. The number of carboxylic acids is 1. The van der Waals surface area contributed by atoms with E-state index in [0.29, 0.717) is 12.1 Å². The number of nitrogens with one attached hydrogen (secondary N) is 1. The molecule has 1 aromatic heterocycles. The highest BCUT2D eigenvalue weighted by Crippen LogP contribution is 2.13. The number of para-hydroxylation sites is 1. The molecule has 1 aliphatic rings. The number of hydrogen-bond acceptors (Lipinski definition) is 4. The lowest BCUT2D eigenvalue weighted by molar-refractivity contribution is 0.0683. The van der Waals surface area contributed by atoms with Gasteiger partial charge in [0.2, 0.25) is 5.82 Å². The maximum Gasteiger partial charge on any atom is 0.373 e. The smallest absolute Gasteiger partial charge is 0.373 e. The summed E-state index contributed by atoms with van der Waals surface area (Å²) in [7, 11) is 0. The van der Waals surface area contributed by atoms with Crippen LogP contribution in [0.25, 0.3) is 10.9 Å². The predicted molar refractivity (Wildman–Crippen MR) is 84.1 cm³/mol. The van der Waals surface area contributed by atoms with Crippen LogP contribution in [0, 0.1) is 0 Å². The maximum absolute atomic E-state index is 11.0. The first-order valence-corrected chi connectivity index (χ1v) is 6.96. The molecule has 6 nitrogen and oxygen atoms in total. The molecule has 23 heavy (non-hydrogen) atoms. The number of nitrogens with zero attached hydrogens (tertiary/aromatic N) is 2. The summed E-state index contributed by atoms with van der Waals surface area (Å²) in [5.74, 6) is -1.22. The van der Waals surface area contributed by atoms with E-state index in [1.54, 1.807) is 12.1 Å². The first-order chi connectivity index (χ1) is 11.1. The van der Waals surface area contributed by atoms with E-state index in [1.165, 1.54) is 6.20 Å². The Balaban J connectivity index is 0.000000140. The van der Waals surface area contributed by atoms with Gasteiger partial charge in [-0.15, -0.1) is 0 Å². The third kappa shape index (κ3) is 3.16. The van der Waals surface area contributed by atoms with E-state index in [-0.39, 0.29) is 11.7 Å². The Morgan fingerprint density at radius 1 is 1.09 bits per heavy atom. The van der Waals surface area contributed by atoms with Gasteiger partial charge in [0.15, 0.2) is 0 Å². The molecule has 4 rings (SSSR count). The number of amides is 1. The van der Waals surface area contributed by atoms with E-state index in [0.717, 1.165) is 16.5 Å². The summed E-state index contributed by atoms with van der Waals surface area (Å²) in [5, 5.41) is 12.2. The number of carboxylic acid groups (broad SMARTS) is 1. The molecule has 0 atom stereocenters. The summed E-state index contributed by atoms with van der Waals surface area (Å²) in [6, 6.07) is 14.9. The monoisotopic (exact) mass is 307 g/mol. The summed E-state index contributed by atoms with van der Waals surface area (Å²) >= 11 is 0. The van der Waals surface area contributed by atoms with Crippen LogP contribution >= 0.6 is 0 Å². The minimum atomic E-state index is -1.11. The van der Waals surface area contributed by atoms with Crippen molar-refractivity contribution in [1.29, 1.82) is 0 Å². The highest BCUT2D eigenvalue weighted by Gasteiger charge is 2.16. The van der Waals surface area contributed by atoms with Crippen LogP contribution in [0.15, 0.2) is 54.7 Å². The van der Waals surface area contributed by atoms with Crippen LogP contribution in [0.1, 0.15) is 26.5 Å². The van der Waals surface area contributed by atoms with Gasteiger partial charge in [0.05, 0.1) is 5.52 Å². The third-order valence-corrected chi connectivity index (χ3v) is 3.38. The largest absolute Gasteiger partial charge is 0.475 e. The molecule has 2 heterocycles. The van der Waals surface area contributed by atoms with E-state index < -0.39 is 5.97 Å². The van der Waals surface area contributed by atoms with Crippen LogP contribution in [-0.2, 0) is 6.54 Å². The Kier molecular flexibility index (Phi) is 3.97. The number of carbonyl (C=O) groups excluding carboxylic acids is 1. The minimum Gasteiger partial charge on any atom is -0.475 e. The maximum atomic E-state index is 11.0. The zero-order valence-corrected chi connectivity index (χ0v) is 12.1. The van der Waals surface area contributed by atoms with Crippen molar-refractivity contribution in [2.24, 2.45) is 0 Å². The van der Waals surface area contributed by atoms with Crippen LogP contribution in [0.5, 0.6) is 0 Å². The number of carbonyl (C=O) groups is 2. The predicted octanol–water partition coefficient (Wildman–Crippen LogP) is 2.26. The summed E-state index contributed by atoms with van der Waals surface area (Å²) in [6.07, 6.45) is 1.51. The van der Waals surface area contributed by atoms with Crippen LogP contribution in [0.4, 0.5) is 0 Å². The van der Waals surface area contributed by atoms with E-state index in [9.17, 15) is 9.59 Å². The van der Waals surface area contributed by atoms with Gasteiger partial charge in [-0.1, -0.05) is 36.4 Å². The summed E-state index contributed by atoms with van der Waals surface area (Å²) in [5.41, 5.74) is 2.57. The van der Waals surface area contributed by atoms with Crippen molar-refractivity contribution in [1.82, 2.24) is 15.3 Å². The van der Waals surface area contributed by atoms with E-state index in [1.807, 2.05) is 36.4 Å². The molecule has 1 amide bonds. The lowest BCUT2D eigenvalue weighted by atomic mass is 10.1. The Bertz CT molecular complexity index is 893. The van der Waals surface area contributed by atoms with Crippen LogP contribution < -0.4 is 5.32 Å². The van der Waals surface area contributed by atoms with Gasteiger partial charge in [0.25, 0.3) is 5.91 Å². The second kappa shape index (κ2) is 6.23. The SMILES string of the molecule is O=C(O)c1ncc2ccccc2n1.O=C1NCc2ccccc21. The minimum absolute atomic E-state index is 0.0515. The standard InChI is InChI=1S/C9H6N2O2.C8H7NO/c12-9(13)8-10-5-6-3-1-2-4-7(6)11-8;10-8-7-4-2-1-3-6(7)5-9-8/h1-5H,(H,12,13);1-4H,5H2,(H,9,10). The quantitative estimate of drug-likeness (QED) is 0.719. The molecule has 2 aromatic carbocycles. The van der Waals surface area contributed by atoms with Crippen LogP contribution in [-0.4, -0.2) is 27.0 Å². The van der Waals surface area contributed by atoms with Crippen molar-refractivity contribution >= 4 is 22.8 Å². The van der Waals surface area contributed by atoms with Crippen molar-refractivity contribution in [2.45, 2.75) is 6.54 Å². The summed E-state index contributed by atoms with van der Waals surface area (Å²) in [6.45, 7) is 0.689. The fraction of sp³-hybridized carbons (Fsp3) is 0.0588. The zero-order valence-electron chi connectivity index (χ0n) is 12.1. The molecular weight excluding hydrogens is 294 g/mol. The van der Waals surface area contributed by atoms with Crippen molar-refractivity contribution in [3.8, 4) is 0 Å². The van der Waals surface area contributed by atoms with Gasteiger partial charge in [-0.25, -0.2) is 14.8 Å². The molecule has 1 aliphatic heterocycles. The first-order valence-electron chi connectivity index (χ1n) is 6.96. The van der Waals surface area contributed by atoms with Crippen molar-refractivity contribution in [2.75, 3.05) is 0 Å². The first kappa shape index (κ1) is 14.6. The van der Waals surface area contributed by atoms with E-state index in [4.69, 9.17) is 5.11 Å². The van der Waals surface area contributed by atoms with Gasteiger partial charge in [-0.05, 0) is 17.7 Å². The number of aromatic nitrogens is 2. The number of hydrogen-bond donors (Lipinski definition) is 2. The van der Waals surface area contributed by atoms with Crippen molar-refractivity contribution < 1.29 is 14.7 Å². The van der Waals surface area contributed by atoms with Gasteiger partial charge in [0.1, 0.15) is 0 Å². The lowest BCUT2D eigenvalue weighted by Gasteiger charge is -1.96. The normalized spacial score (nSPS) is 12.1. The van der Waals surface area contributed by atoms with E-state index in [2.05, 4.69) is 15.3 Å². The molecule has 0 unspecified atom stereocenters. The average molecular weight is 307 g/mol. The molecule has 114 valence electrons. The van der Waals surface area contributed by atoms with Gasteiger partial charge in [-0.2, -0.15) is 0 Å². The van der Waals surface area contributed by atoms with Crippen molar-refractivity contribution in [3.63, 3.8) is 0 Å². The molecule has 0 radical (unpaired) electrons. The fourth-order valence-corrected chi connectivity index (χ4v) is 2.24. The number of rotatable bonds is 1. The Morgan fingerprint density at radius 3 is 2.61 bits per heavy atom. The van der Waals surface area contributed by atoms with Crippen LogP contribution in [0.3, 0.4) is 0 Å². The second-order valence-corrected chi connectivity index (χ2v) is 4.90. The molecule has 0 spiro atoms. The molecule has 0 saturated carbocycles. The fourth-order valence-electron chi connectivity index (χ4n) is 2.24. The second-order valence-electron chi connectivity index (χ2n) is 4.90. The highest BCUT2D eigenvalue weighted by molar-refractivity contribution is 5.98. The van der Waals surface area contributed by atoms with Crippen LogP contribution in [0.2, 0.25) is 0 Å². The van der Waals surface area contributed by atoms with Gasteiger partial charge >= 0.3 is 5.97 Å². The summed E-state index contributed by atoms with van der Waals surface area (Å²) < 4.78 is 0. The van der Waals surface area contributed by atoms with Gasteiger partial charge in [-0.3, -0.25) is 4.79 Å². The molecule has 0 saturated heterocycles. The molecular formula is C17H13N3O3. The van der Waals surface area contributed by atoms with Crippen molar-refractivity contribution in [3.05, 3.63) is 71.7 Å². The molecule has 0 aliphatic carbocycles. The Morgan fingerprint density at radius 2 is 1.83 bits per heavy atom. The topological polar surface area (TPSA) is 92.2 Å². The molecule has 2 N–H and O–H groups in total. The highest BCUT2D eigenvalue weighted by atomic mass is 16.4. The Labute approximate surface area is 131 Å². The molecule has 6 heteroatoms. The third-order valence-electron chi connectivity index (χ3n) is 3.38. The average Bonchev–Trinajstić information content (AvgIpc) is 2.97. The van der Waals surface area contributed by atoms with E-state index >= 15 is 0 Å². The number of benzene rings is 2. The number of fused-ring (bicyclic) bond motifs is 2. The zero-order chi connectivity index (χ0) is 16.2. The van der Waals surface area contributed by atoms with Gasteiger partial charge < -0.3 is 10.4 Å². The Hall–Kier alpha value is -3.28. The molecule has 3 aromatic rings. The summed E-state index contributed by atoms with van der Waals surface area (Å²) in [4.78, 5) is 29.0. The van der Waals surface area contributed by atoms with Gasteiger partial charge in [0, 0.05) is 23.7 Å². The number of aromatic carboxylic acids is 1. The molecule has 0 fully saturated rings. The molecule has 0 bridgehead atoms.